The molecule has 0 fully saturated rings. The first kappa shape index (κ1) is 33.6. The van der Waals surface area contributed by atoms with Gasteiger partial charge in [0.05, 0.1) is 57.7 Å². The molecule has 0 bridgehead atoms. The molecule has 12 nitrogen and oxygen atoms in total. The summed E-state index contributed by atoms with van der Waals surface area (Å²) < 4.78 is 7.63. The van der Waals surface area contributed by atoms with Gasteiger partial charge in [0.2, 0.25) is 0 Å². The lowest BCUT2D eigenvalue weighted by molar-refractivity contribution is 0.0845. The van der Waals surface area contributed by atoms with E-state index in [0.717, 1.165) is 72.7 Å². The van der Waals surface area contributed by atoms with E-state index in [2.05, 4.69) is 58.5 Å². The Morgan fingerprint density at radius 2 is 1.00 bits per heavy atom. The van der Waals surface area contributed by atoms with Crippen molar-refractivity contribution in [2.24, 2.45) is 10.8 Å². The number of aryl methyl sites for hydroxylation is 2. The highest BCUT2D eigenvalue weighted by molar-refractivity contribution is 5.99. The maximum atomic E-state index is 13.1. The summed E-state index contributed by atoms with van der Waals surface area (Å²) in [5, 5.41) is 27.5. The van der Waals surface area contributed by atoms with Crippen molar-refractivity contribution in [1.29, 1.82) is 0 Å². The molecule has 4 aromatic heterocycles. The van der Waals surface area contributed by atoms with E-state index in [-0.39, 0.29) is 34.5 Å². The fourth-order valence-corrected chi connectivity index (χ4v) is 8.21. The lowest BCUT2D eigenvalue weighted by Crippen LogP contribution is -2.37. The molecule has 2 aliphatic rings. The number of rotatable bonds is 11. The van der Waals surface area contributed by atoms with Crippen molar-refractivity contribution in [2.75, 3.05) is 0 Å². The van der Waals surface area contributed by atoms with E-state index in [1.165, 1.54) is 0 Å². The van der Waals surface area contributed by atoms with Gasteiger partial charge in [-0.1, -0.05) is 87.4 Å². The van der Waals surface area contributed by atoms with Crippen LogP contribution in [0.4, 0.5) is 0 Å². The highest BCUT2D eigenvalue weighted by atomic mass is 16.1. The molecule has 6 aromatic rings. The number of Topliss-reactive ketones (excluding diaryl/α,β-unsaturated/α-hetero) is 2. The fraction of sp³-hybridized carbons (Fsp3) is 0.400. The number of aromatic nitrogens is 10. The Morgan fingerprint density at radius 1 is 0.596 bits per heavy atom. The molecular formula is C40H44N10O2. The molecule has 0 aliphatic heterocycles. The second-order valence-corrected chi connectivity index (χ2v) is 15.7. The minimum atomic E-state index is -0.362. The highest BCUT2D eigenvalue weighted by Crippen LogP contribution is 2.47. The standard InChI is InChI=1S/C40H44N10O2/c1-39(2)21-33(51)31-23-41-49(29-17-11-7-12-18-29)35(31)37(39)47-25-27(43-45-47)15-9-5-6-10-16-28-26-48(46-44-28)38-36-32(34(52)22-40(38,3)4)24-42-50(36)30-19-13-8-14-20-30/h7-8,11-14,17-20,23-26,37-38H,5-6,9-10,15-16,21-22H2,1-4H3/t37-,38-/m0/s1. The number of carbonyl (C=O) groups excluding carboxylic acids is 2. The second kappa shape index (κ2) is 13.2. The van der Waals surface area contributed by atoms with Gasteiger partial charge in [-0.05, 0) is 49.9 Å². The number of hydrogen-bond acceptors (Lipinski definition) is 8. The molecule has 0 unspecified atom stereocenters. The van der Waals surface area contributed by atoms with Crippen molar-refractivity contribution in [3.63, 3.8) is 0 Å². The van der Waals surface area contributed by atoms with Gasteiger partial charge in [0.25, 0.3) is 0 Å². The summed E-state index contributed by atoms with van der Waals surface area (Å²) in [7, 11) is 0. The van der Waals surface area contributed by atoms with Gasteiger partial charge in [-0.3, -0.25) is 9.59 Å². The average Bonchev–Trinajstić information content (AvgIpc) is 3.94. The summed E-state index contributed by atoms with van der Waals surface area (Å²) in [4.78, 5) is 26.3. The number of para-hydroxylation sites is 2. The first-order chi connectivity index (χ1) is 25.1. The van der Waals surface area contributed by atoms with Crippen LogP contribution in [0.1, 0.15) is 122 Å². The van der Waals surface area contributed by atoms with Crippen molar-refractivity contribution >= 4 is 11.6 Å². The quantitative estimate of drug-likeness (QED) is 0.133. The second-order valence-electron chi connectivity index (χ2n) is 15.7. The molecule has 52 heavy (non-hydrogen) atoms. The topological polar surface area (TPSA) is 131 Å². The van der Waals surface area contributed by atoms with Crippen LogP contribution >= 0.6 is 0 Å². The summed E-state index contributed by atoms with van der Waals surface area (Å²) in [5.41, 5.74) is 6.06. The van der Waals surface area contributed by atoms with Gasteiger partial charge in [0.1, 0.15) is 12.1 Å². The third-order valence-corrected chi connectivity index (χ3v) is 10.7. The molecule has 0 radical (unpaired) electrons. The molecular weight excluding hydrogens is 653 g/mol. The molecule has 2 aromatic carbocycles. The number of fused-ring (bicyclic) bond motifs is 2. The van der Waals surface area contributed by atoms with E-state index >= 15 is 0 Å². The summed E-state index contributed by atoms with van der Waals surface area (Å²) in [6, 6.07) is 19.5. The van der Waals surface area contributed by atoms with Gasteiger partial charge in [-0.15, -0.1) is 10.2 Å². The summed E-state index contributed by atoms with van der Waals surface area (Å²) in [6.45, 7) is 8.48. The number of hydrogen-bond donors (Lipinski definition) is 0. The predicted octanol–water partition coefficient (Wildman–Crippen LogP) is 6.99. The maximum Gasteiger partial charge on any atom is 0.167 e. The van der Waals surface area contributed by atoms with Crippen molar-refractivity contribution in [3.8, 4) is 11.4 Å². The summed E-state index contributed by atoms with van der Waals surface area (Å²) in [6.07, 6.45) is 14.1. The number of unbranched alkanes of at least 4 members (excludes halogenated alkanes) is 3. The number of nitrogens with zero attached hydrogens (tertiary/aromatic N) is 10. The first-order valence-corrected chi connectivity index (χ1v) is 18.3. The first-order valence-electron chi connectivity index (χ1n) is 18.3. The van der Waals surface area contributed by atoms with E-state index in [4.69, 9.17) is 0 Å². The lowest BCUT2D eigenvalue weighted by Gasteiger charge is -2.37. The molecule has 0 amide bonds. The molecule has 2 atom stereocenters. The molecule has 2 aliphatic carbocycles. The van der Waals surface area contributed by atoms with E-state index < -0.39 is 0 Å². The Labute approximate surface area is 302 Å². The number of benzene rings is 2. The monoisotopic (exact) mass is 696 g/mol. The molecule has 0 N–H and O–H groups in total. The van der Waals surface area contributed by atoms with Crippen molar-refractivity contribution < 1.29 is 9.59 Å². The third kappa shape index (κ3) is 6.09. The lowest BCUT2D eigenvalue weighted by atomic mass is 9.72. The van der Waals surface area contributed by atoms with E-state index in [1.54, 1.807) is 12.4 Å². The smallest absolute Gasteiger partial charge is 0.167 e. The molecule has 0 spiro atoms. The Hall–Kier alpha value is -5.52. The van der Waals surface area contributed by atoms with Crippen LogP contribution in [0, 0.1) is 10.8 Å². The zero-order valence-electron chi connectivity index (χ0n) is 30.2. The van der Waals surface area contributed by atoms with Crippen molar-refractivity contribution in [2.45, 2.75) is 91.1 Å². The molecule has 266 valence electrons. The zero-order valence-corrected chi connectivity index (χ0v) is 30.2. The third-order valence-electron chi connectivity index (χ3n) is 10.7. The van der Waals surface area contributed by atoms with Crippen LogP contribution in [-0.2, 0) is 12.8 Å². The van der Waals surface area contributed by atoms with Gasteiger partial charge in [-0.2, -0.15) is 10.2 Å². The van der Waals surface area contributed by atoms with E-state index in [1.807, 2.05) is 91.8 Å². The molecule has 0 saturated carbocycles. The molecule has 12 heteroatoms. The Balaban J connectivity index is 0.895. The Morgan fingerprint density at radius 3 is 1.40 bits per heavy atom. The van der Waals surface area contributed by atoms with Gasteiger partial charge in [-0.25, -0.2) is 18.7 Å². The zero-order chi connectivity index (χ0) is 36.0. The highest BCUT2D eigenvalue weighted by Gasteiger charge is 2.46. The van der Waals surface area contributed by atoms with Crippen LogP contribution < -0.4 is 0 Å². The van der Waals surface area contributed by atoms with Crippen molar-refractivity contribution in [3.05, 3.63) is 119 Å². The largest absolute Gasteiger partial charge is 0.294 e. The van der Waals surface area contributed by atoms with Gasteiger partial charge in [0.15, 0.2) is 11.6 Å². The Kier molecular flexibility index (Phi) is 8.55. The van der Waals surface area contributed by atoms with E-state index in [9.17, 15) is 9.59 Å². The number of ketones is 2. The fourth-order valence-electron chi connectivity index (χ4n) is 8.21. The van der Waals surface area contributed by atoms with Crippen LogP contribution in [0.15, 0.2) is 85.5 Å². The van der Waals surface area contributed by atoms with Crippen LogP contribution in [0.5, 0.6) is 0 Å². The minimum Gasteiger partial charge on any atom is -0.294 e. The SMILES string of the molecule is CC1(C)CC(=O)c2cnn(-c3ccccc3)c2[C@@H]1n1cc(CCCCCCc2cn([C@H]3c4c(cnn4-c4ccccc4)C(=O)CC3(C)C)nn2)nn1. The summed E-state index contributed by atoms with van der Waals surface area (Å²) in [5.74, 6) is 0.223. The van der Waals surface area contributed by atoms with Crippen LogP contribution in [0.2, 0.25) is 0 Å². The molecule has 8 rings (SSSR count). The van der Waals surface area contributed by atoms with Crippen LogP contribution in [-0.4, -0.2) is 61.1 Å². The van der Waals surface area contributed by atoms with Gasteiger partial charge in [0, 0.05) is 36.1 Å². The van der Waals surface area contributed by atoms with Crippen LogP contribution in [0.25, 0.3) is 11.4 Å². The van der Waals surface area contributed by atoms with Gasteiger partial charge >= 0.3 is 0 Å². The minimum absolute atomic E-state index is 0.111. The normalized spacial score (nSPS) is 19.1. The Bertz CT molecular complexity index is 2070. The van der Waals surface area contributed by atoms with Crippen LogP contribution in [0.3, 0.4) is 0 Å². The maximum absolute atomic E-state index is 13.1. The van der Waals surface area contributed by atoms with E-state index in [0.29, 0.717) is 24.0 Å². The average molecular weight is 697 g/mol. The number of carbonyl (C=O) groups is 2. The molecule has 0 saturated heterocycles. The summed E-state index contributed by atoms with van der Waals surface area (Å²) >= 11 is 0. The van der Waals surface area contributed by atoms with Crippen molar-refractivity contribution in [1.82, 2.24) is 49.5 Å². The van der Waals surface area contributed by atoms with Gasteiger partial charge < -0.3 is 0 Å². The molecule has 4 heterocycles. The predicted molar refractivity (Wildman–Crippen MR) is 195 cm³/mol.